The van der Waals surface area contributed by atoms with Crippen LogP contribution in [-0.2, 0) is 9.47 Å². The summed E-state index contributed by atoms with van der Waals surface area (Å²) in [5.41, 5.74) is -2.94. The molecule has 0 aromatic heterocycles. The van der Waals surface area contributed by atoms with Gasteiger partial charge in [-0.1, -0.05) is 52.4 Å². The number of ketones is 4. The van der Waals surface area contributed by atoms with Crippen LogP contribution in [0, 0.1) is 0 Å². The van der Waals surface area contributed by atoms with Crippen molar-refractivity contribution in [3.63, 3.8) is 0 Å². The van der Waals surface area contributed by atoms with E-state index in [9.17, 15) is 49.8 Å². The molecule has 4 aromatic rings. The van der Waals surface area contributed by atoms with Crippen LogP contribution in [0.2, 0.25) is 0 Å². The molecule has 0 bridgehead atoms. The molecule has 2 atom stereocenters. The molecule has 0 radical (unpaired) electrons. The highest BCUT2D eigenvalue weighted by Gasteiger charge is 2.40. The number of ether oxygens (including phenoxy) is 3. The Hall–Kier alpha value is -5.92. The van der Waals surface area contributed by atoms with Gasteiger partial charge in [-0.3, -0.25) is 19.2 Å². The lowest BCUT2D eigenvalue weighted by Gasteiger charge is -2.25. The molecule has 0 saturated heterocycles. The van der Waals surface area contributed by atoms with E-state index in [1.54, 1.807) is 0 Å². The molecule has 4 aromatic carbocycles. The van der Waals surface area contributed by atoms with Crippen molar-refractivity contribution in [1.29, 1.82) is 0 Å². The maximum Gasteiger partial charge on any atom is 0.201 e. The Morgan fingerprint density at radius 3 is 1.18 bits per heavy atom. The largest absolute Gasteiger partial charge is 0.507 e. The fourth-order valence-corrected chi connectivity index (χ4v) is 7.54. The van der Waals surface area contributed by atoms with E-state index in [1.807, 2.05) is 13.8 Å². The number of fused-ring (bicyclic) bond motifs is 4. The third kappa shape index (κ3) is 6.63. The number of rotatable bonds is 14. The number of benzene rings is 4. The first-order chi connectivity index (χ1) is 26.3. The van der Waals surface area contributed by atoms with Gasteiger partial charge in [-0.15, -0.1) is 0 Å². The molecule has 0 spiro atoms. The Balaban J connectivity index is 1.34. The number of phenols is 6. The summed E-state index contributed by atoms with van der Waals surface area (Å²) in [6.07, 6.45) is 4.32. The maximum atomic E-state index is 13.8. The number of unbranched alkanes of at least 4 members (excludes halogenated alkanes) is 4. The van der Waals surface area contributed by atoms with Gasteiger partial charge in [0.05, 0.1) is 45.6 Å². The predicted molar refractivity (Wildman–Crippen MR) is 197 cm³/mol. The van der Waals surface area contributed by atoms with Crippen molar-refractivity contribution in [3.05, 3.63) is 92.0 Å². The van der Waals surface area contributed by atoms with E-state index in [4.69, 9.17) is 14.2 Å². The summed E-state index contributed by atoms with van der Waals surface area (Å²) in [7, 11) is 2.80. The van der Waals surface area contributed by atoms with Crippen LogP contribution in [-0.4, -0.2) is 68.0 Å². The maximum absolute atomic E-state index is 13.8. The van der Waals surface area contributed by atoms with Crippen LogP contribution in [0.1, 0.15) is 152 Å². The molecule has 2 aliphatic carbocycles. The highest BCUT2D eigenvalue weighted by atomic mass is 16.5. The summed E-state index contributed by atoms with van der Waals surface area (Å²) in [5, 5.41) is 66.4. The van der Waals surface area contributed by atoms with Gasteiger partial charge in [0.15, 0.2) is 11.6 Å². The van der Waals surface area contributed by atoms with Crippen LogP contribution in [0.3, 0.4) is 0 Å². The lowest BCUT2D eigenvalue weighted by Crippen LogP contribution is -2.22. The van der Waals surface area contributed by atoms with Crippen molar-refractivity contribution >= 4 is 23.1 Å². The van der Waals surface area contributed by atoms with E-state index in [-0.39, 0.29) is 44.9 Å². The van der Waals surface area contributed by atoms with Gasteiger partial charge in [0.25, 0.3) is 0 Å². The summed E-state index contributed by atoms with van der Waals surface area (Å²) < 4.78 is 16.9. The smallest absolute Gasteiger partial charge is 0.201 e. The number of hydrogen-bond donors (Lipinski definition) is 6. The Bertz CT molecular complexity index is 2100. The number of hydrogen-bond acceptors (Lipinski definition) is 13. The Morgan fingerprint density at radius 2 is 0.836 bits per heavy atom. The van der Waals surface area contributed by atoms with Crippen LogP contribution in [0.15, 0.2) is 36.4 Å². The number of carbonyl (C=O) groups is 4. The summed E-state index contributed by atoms with van der Waals surface area (Å²) in [6, 6.07) is 6.50. The van der Waals surface area contributed by atoms with Crippen LogP contribution in [0.4, 0.5) is 0 Å². The standard InChI is InChI=1S/C42H42O13/c1-5-7-9-11-29(53-3)35-27(45)17-23-33(41(35)51)39(49)31-21(37(23)47)13-19(15-25(31)43)55-20-14-22-32(26(44)16-20)40(50)34-24(38(22)48)18-28(46)36(42(34)52)30(54-4)12-10-8-6-2/h13-18,29-30,43-46,51-52H,5-12H2,1-4H3/t29-,30-/m0/s1. The van der Waals surface area contributed by atoms with Gasteiger partial charge in [0, 0.05) is 48.6 Å². The first-order valence-electron chi connectivity index (χ1n) is 18.1. The van der Waals surface area contributed by atoms with Gasteiger partial charge in [-0.25, -0.2) is 0 Å². The molecule has 0 heterocycles. The number of carbonyl (C=O) groups excluding carboxylic acids is 4. The SMILES string of the molecule is CCCCC[C@H](OC)c1c(O)cc2c(c1O)C(=O)c1c(O)cc(Oc3cc(O)c4c(c3)C(=O)c3cc(O)c([C@H](CCCCC)OC)c(O)c3C4=O)cc1C2=O. The molecule has 6 N–H and O–H groups in total. The third-order valence-corrected chi connectivity index (χ3v) is 10.3. The van der Waals surface area contributed by atoms with Gasteiger partial charge >= 0.3 is 0 Å². The van der Waals surface area contributed by atoms with E-state index >= 15 is 0 Å². The molecule has 0 fully saturated rings. The molecule has 0 saturated carbocycles. The van der Waals surface area contributed by atoms with Crippen LogP contribution < -0.4 is 4.74 Å². The van der Waals surface area contributed by atoms with Gasteiger partial charge in [-0.2, -0.15) is 0 Å². The summed E-state index contributed by atoms with van der Waals surface area (Å²) in [6.45, 7) is 4.03. The van der Waals surface area contributed by atoms with Crippen molar-refractivity contribution in [2.75, 3.05) is 14.2 Å². The lowest BCUT2D eigenvalue weighted by molar-refractivity contribution is 0.0876. The second kappa shape index (κ2) is 15.4. The minimum atomic E-state index is -0.877. The second-order valence-corrected chi connectivity index (χ2v) is 13.7. The second-order valence-electron chi connectivity index (χ2n) is 13.7. The van der Waals surface area contributed by atoms with Gasteiger partial charge in [0.2, 0.25) is 11.6 Å². The molecule has 0 amide bonds. The van der Waals surface area contributed by atoms with Crippen LogP contribution >= 0.6 is 0 Å². The average molecular weight is 755 g/mol. The zero-order valence-electron chi connectivity index (χ0n) is 30.8. The molecular formula is C42H42O13. The van der Waals surface area contributed by atoms with Crippen molar-refractivity contribution < 1.29 is 64.0 Å². The lowest BCUT2D eigenvalue weighted by atomic mass is 9.80. The molecule has 55 heavy (non-hydrogen) atoms. The van der Waals surface area contributed by atoms with E-state index in [2.05, 4.69) is 0 Å². The first kappa shape index (κ1) is 38.8. The molecular weight excluding hydrogens is 712 g/mol. The van der Waals surface area contributed by atoms with E-state index < -0.39 is 92.1 Å². The van der Waals surface area contributed by atoms with Crippen molar-refractivity contribution in [1.82, 2.24) is 0 Å². The van der Waals surface area contributed by atoms with Gasteiger partial charge in [-0.05, 0) is 37.1 Å². The quantitative estimate of drug-likeness (QED) is 0.0586. The molecule has 288 valence electrons. The minimum Gasteiger partial charge on any atom is -0.507 e. The number of methoxy groups -OCH3 is 2. The van der Waals surface area contributed by atoms with Crippen molar-refractivity contribution in [2.24, 2.45) is 0 Å². The molecule has 13 heteroatoms. The van der Waals surface area contributed by atoms with Crippen LogP contribution in [0.5, 0.6) is 46.0 Å². The van der Waals surface area contributed by atoms with Crippen LogP contribution in [0.25, 0.3) is 0 Å². The Morgan fingerprint density at radius 1 is 0.473 bits per heavy atom. The van der Waals surface area contributed by atoms with E-state index in [1.165, 1.54) is 14.2 Å². The summed E-state index contributed by atoms with van der Waals surface area (Å²) in [4.78, 5) is 55.1. The zero-order valence-corrected chi connectivity index (χ0v) is 30.8. The number of aromatic hydroxyl groups is 6. The van der Waals surface area contributed by atoms with E-state index in [0.717, 1.165) is 62.1 Å². The fourth-order valence-electron chi connectivity index (χ4n) is 7.54. The van der Waals surface area contributed by atoms with Crippen molar-refractivity contribution in [2.45, 2.75) is 77.4 Å². The van der Waals surface area contributed by atoms with Gasteiger partial charge in [0.1, 0.15) is 46.0 Å². The summed E-state index contributed by atoms with van der Waals surface area (Å²) in [5.74, 6) is -7.30. The highest BCUT2D eigenvalue weighted by Crippen LogP contribution is 2.49. The number of phenolic OH excluding ortho intramolecular Hbond substituents is 6. The zero-order chi connectivity index (χ0) is 39.9. The molecule has 0 aliphatic heterocycles. The molecule has 6 rings (SSSR count). The predicted octanol–water partition coefficient (Wildman–Crippen LogP) is 7.80. The molecule has 13 nitrogen and oxygen atoms in total. The normalized spacial score (nSPS) is 14.3. The van der Waals surface area contributed by atoms with E-state index in [0.29, 0.717) is 25.7 Å². The summed E-state index contributed by atoms with van der Waals surface area (Å²) >= 11 is 0. The molecule has 2 aliphatic rings. The van der Waals surface area contributed by atoms with Crippen molar-refractivity contribution in [3.8, 4) is 46.0 Å². The fraction of sp³-hybridized carbons (Fsp3) is 0.333. The Labute approximate surface area is 316 Å². The Kier molecular flexibility index (Phi) is 10.9. The molecule has 0 unspecified atom stereocenters. The highest BCUT2D eigenvalue weighted by molar-refractivity contribution is 6.31. The van der Waals surface area contributed by atoms with Gasteiger partial charge < -0.3 is 44.8 Å². The monoisotopic (exact) mass is 754 g/mol. The minimum absolute atomic E-state index is 0.0447. The topological polar surface area (TPSA) is 217 Å². The third-order valence-electron chi connectivity index (χ3n) is 10.3. The first-order valence-corrected chi connectivity index (χ1v) is 18.1. The average Bonchev–Trinajstić information content (AvgIpc) is 3.13.